The number of unbranched alkanes of at least 4 members (excludes halogenated alkanes) is 3. The molecule has 2 aliphatic rings. The predicted molar refractivity (Wildman–Crippen MR) is 254 cm³/mol. The van der Waals surface area contributed by atoms with Crippen LogP contribution in [-0.2, 0) is 62.2 Å². The number of fused-ring (bicyclic) bond motifs is 1. The molecular formula is C46H63N10O15P. The van der Waals surface area contributed by atoms with E-state index in [1.165, 1.54) is 24.2 Å². The van der Waals surface area contributed by atoms with Gasteiger partial charge in [0.2, 0.25) is 35.4 Å². The van der Waals surface area contributed by atoms with Crippen LogP contribution in [0.25, 0.3) is 0 Å². The first-order valence-corrected chi connectivity index (χ1v) is 25.0. The highest BCUT2D eigenvalue weighted by atomic mass is 31.2. The van der Waals surface area contributed by atoms with Crippen LogP contribution in [0.3, 0.4) is 0 Å². The lowest BCUT2D eigenvalue weighted by molar-refractivity contribution is -0.139. The Bertz CT molecular complexity index is 2470. The van der Waals surface area contributed by atoms with Gasteiger partial charge in [0.05, 0.1) is 36.7 Å². The summed E-state index contributed by atoms with van der Waals surface area (Å²) in [7, 11) is -5.14. The van der Waals surface area contributed by atoms with E-state index in [0.29, 0.717) is 73.7 Å². The molecule has 0 radical (unpaired) electrons. The van der Waals surface area contributed by atoms with E-state index in [0.717, 1.165) is 24.7 Å². The molecule has 5 rings (SSSR count). The zero-order chi connectivity index (χ0) is 52.7. The first-order valence-electron chi connectivity index (χ1n) is 23.5. The van der Waals surface area contributed by atoms with Crippen molar-refractivity contribution in [3.05, 3.63) is 77.3 Å². The number of oxime groups is 1. The van der Waals surface area contributed by atoms with Gasteiger partial charge >= 0.3 is 7.82 Å². The Hall–Kier alpha value is -6.79. The molecule has 0 aliphatic carbocycles. The van der Waals surface area contributed by atoms with Gasteiger partial charge in [0, 0.05) is 38.3 Å². The number of aryl methyl sites for hydroxylation is 1. The SMILES string of the molecule is CC(=O)N1CCC[C@H]1C(=O)N[C@@H](CC(C)C)C(=O)N[C@@H](Cc1cncn1CCCCCCO/N=C/c1ccc(CN2C(=O)c3ccccc3C2=O)o1)C(=O)N[C@@H](CO)C(=O)N[C@H](C(N)=O)[C@@H](C)OP(=O)(O)O. The van der Waals surface area contributed by atoms with Gasteiger partial charge in [-0.25, -0.2) is 9.55 Å². The number of nitrogens with one attached hydrogen (secondary N) is 4. The number of nitrogens with zero attached hydrogens (tertiary/aromatic N) is 5. The van der Waals surface area contributed by atoms with E-state index in [2.05, 4.69) is 35.9 Å². The Balaban J connectivity index is 1.18. The number of primary amides is 1. The molecule has 392 valence electrons. The molecule has 2 aromatic heterocycles. The zero-order valence-corrected chi connectivity index (χ0v) is 41.3. The predicted octanol–water partition coefficient (Wildman–Crippen LogP) is 0.398. The number of phosphoric ester groups is 1. The Kier molecular flexibility index (Phi) is 20.3. The first kappa shape index (κ1) is 56.1. The minimum atomic E-state index is -5.14. The van der Waals surface area contributed by atoms with E-state index < -0.39 is 92.1 Å². The molecule has 1 aromatic carbocycles. The van der Waals surface area contributed by atoms with Crippen molar-refractivity contribution < 1.29 is 71.6 Å². The quantitative estimate of drug-likeness (QED) is 0.0160. The van der Waals surface area contributed by atoms with E-state index in [1.807, 2.05) is 13.8 Å². The van der Waals surface area contributed by atoms with Crippen molar-refractivity contribution in [2.24, 2.45) is 16.8 Å². The molecule has 2 aliphatic heterocycles. The molecule has 3 aromatic rings. The van der Waals surface area contributed by atoms with Crippen LogP contribution in [0.15, 0.2) is 58.5 Å². The van der Waals surface area contributed by atoms with Gasteiger partial charge in [0.15, 0.2) is 0 Å². The number of aliphatic hydroxyl groups is 1. The summed E-state index contributed by atoms with van der Waals surface area (Å²) >= 11 is 0. The second-order valence-corrected chi connectivity index (χ2v) is 19.1. The standard InChI is InChI=1S/C46H63N10O15P/c1-27(2)20-35(51-44(63)38-14-11-18-55(38)29(4)58)41(60)50-36(42(61)52-37(25-57)43(62)53-39(40(47)59)28(3)71-72(66,67)68)21-30-22-48-26-54(30)17-9-5-6-10-19-69-49-23-31-15-16-32(70-31)24-56-45(64)33-12-7-8-13-34(33)46(56)65/h7-8,12-13,15-16,22-23,26-28,35-39,57H,5-6,9-11,14,17-21,24-25H2,1-4H3,(H2,47,59)(H,50,60)(H,51,63)(H,52,61)(H,53,62)(H2,66,67,68)/b49-23+/t28-,35+,36+,37+,38+,39+/m1/s1. The van der Waals surface area contributed by atoms with Gasteiger partial charge in [-0.15, -0.1) is 0 Å². The molecule has 8 amide bonds. The maximum Gasteiger partial charge on any atom is 0.469 e. The number of carbonyl (C=O) groups is 8. The number of carbonyl (C=O) groups excluding carboxylic acids is 8. The van der Waals surface area contributed by atoms with Crippen LogP contribution >= 0.6 is 7.82 Å². The number of aromatic nitrogens is 2. The van der Waals surface area contributed by atoms with Crippen LogP contribution in [0.2, 0.25) is 0 Å². The number of imide groups is 1. The second kappa shape index (κ2) is 26.1. The molecule has 0 spiro atoms. The number of nitrogens with two attached hydrogens (primary N) is 1. The second-order valence-electron chi connectivity index (χ2n) is 17.9. The van der Waals surface area contributed by atoms with Crippen molar-refractivity contribution >= 4 is 61.3 Å². The Labute approximate surface area is 414 Å². The number of amides is 8. The summed E-state index contributed by atoms with van der Waals surface area (Å²) in [4.78, 5) is 135. The zero-order valence-electron chi connectivity index (χ0n) is 40.4. The van der Waals surface area contributed by atoms with Gasteiger partial charge < -0.3 is 60.6 Å². The third kappa shape index (κ3) is 15.9. The van der Waals surface area contributed by atoms with Crippen molar-refractivity contribution in [3.8, 4) is 0 Å². The van der Waals surface area contributed by atoms with E-state index in [4.69, 9.17) is 15.0 Å². The maximum absolute atomic E-state index is 14.1. The molecule has 0 bridgehead atoms. The van der Waals surface area contributed by atoms with E-state index >= 15 is 0 Å². The van der Waals surface area contributed by atoms with E-state index in [-0.39, 0.29) is 31.2 Å². The van der Waals surface area contributed by atoms with Gasteiger partial charge in [-0.3, -0.25) is 47.8 Å². The summed E-state index contributed by atoms with van der Waals surface area (Å²) in [5, 5.41) is 24.1. The molecule has 25 nitrogen and oxygen atoms in total. The molecule has 4 heterocycles. The number of likely N-dealkylation sites (tertiary alicyclic amines) is 1. The average molecular weight is 1030 g/mol. The molecular weight excluding hydrogens is 964 g/mol. The van der Waals surface area contributed by atoms with Crippen LogP contribution in [0.4, 0.5) is 0 Å². The van der Waals surface area contributed by atoms with Crippen LogP contribution in [0.1, 0.15) is 111 Å². The maximum atomic E-state index is 14.1. The van der Waals surface area contributed by atoms with Gasteiger partial charge in [0.1, 0.15) is 54.6 Å². The number of hydrogen-bond acceptors (Lipinski definition) is 15. The molecule has 26 heteroatoms. The smallest absolute Gasteiger partial charge is 0.458 e. The van der Waals surface area contributed by atoms with E-state index in [9.17, 15) is 57.8 Å². The number of furan rings is 1. The number of rotatable bonds is 28. The fourth-order valence-corrected chi connectivity index (χ4v) is 8.80. The average Bonchev–Trinajstić information content (AvgIpc) is 4.14. The molecule has 1 saturated heterocycles. The molecule has 9 N–H and O–H groups in total. The van der Waals surface area contributed by atoms with Crippen LogP contribution < -0.4 is 27.0 Å². The summed E-state index contributed by atoms with van der Waals surface area (Å²) in [6.45, 7) is 6.14. The Morgan fingerprint density at radius 3 is 2.21 bits per heavy atom. The first-order chi connectivity index (χ1) is 34.2. The topological polar surface area (TPSA) is 357 Å². The number of aliphatic hydroxyl groups excluding tert-OH is 1. The number of phosphoric acid groups is 1. The summed E-state index contributed by atoms with van der Waals surface area (Å²) in [6.07, 6.45) is 6.55. The van der Waals surface area contributed by atoms with Crippen LogP contribution in [0, 0.1) is 5.92 Å². The molecule has 0 saturated carbocycles. The monoisotopic (exact) mass is 1030 g/mol. The molecule has 6 atom stereocenters. The van der Waals surface area contributed by atoms with E-state index in [1.54, 1.807) is 47.3 Å². The largest absolute Gasteiger partial charge is 0.469 e. The highest BCUT2D eigenvalue weighted by Crippen LogP contribution is 2.38. The molecule has 1 fully saturated rings. The van der Waals surface area contributed by atoms with Crippen LogP contribution in [-0.4, -0.2) is 144 Å². The van der Waals surface area contributed by atoms with Gasteiger partial charge in [-0.1, -0.05) is 37.6 Å². The summed E-state index contributed by atoms with van der Waals surface area (Å²) in [6, 6.07) is 2.92. The molecule has 0 unspecified atom stereocenters. The van der Waals surface area contributed by atoms with Crippen molar-refractivity contribution in [1.82, 2.24) is 40.6 Å². The number of hydrogen-bond donors (Lipinski definition) is 8. The van der Waals surface area contributed by atoms with Crippen molar-refractivity contribution in [2.45, 2.75) is 128 Å². The Morgan fingerprint density at radius 2 is 1.57 bits per heavy atom. The highest BCUT2D eigenvalue weighted by molar-refractivity contribution is 7.46. The lowest BCUT2D eigenvalue weighted by atomic mass is 10.0. The van der Waals surface area contributed by atoms with Crippen molar-refractivity contribution in [1.29, 1.82) is 0 Å². The fraction of sp³-hybridized carbons (Fsp3) is 0.522. The minimum absolute atomic E-state index is 0.0322. The molecule has 72 heavy (non-hydrogen) atoms. The third-order valence-electron chi connectivity index (χ3n) is 11.9. The lowest BCUT2D eigenvalue weighted by Gasteiger charge is -2.28. The summed E-state index contributed by atoms with van der Waals surface area (Å²) < 4.78 is 23.4. The highest BCUT2D eigenvalue weighted by Gasteiger charge is 2.38. The summed E-state index contributed by atoms with van der Waals surface area (Å²) in [5.74, 6) is -5.10. The lowest BCUT2D eigenvalue weighted by Crippen LogP contribution is -2.61. The summed E-state index contributed by atoms with van der Waals surface area (Å²) in [5.41, 5.74) is 6.55. The van der Waals surface area contributed by atoms with Crippen molar-refractivity contribution in [2.75, 3.05) is 19.8 Å². The van der Waals surface area contributed by atoms with Crippen molar-refractivity contribution in [3.63, 3.8) is 0 Å². The number of benzene rings is 1. The number of imidazole rings is 1. The van der Waals surface area contributed by atoms with Gasteiger partial charge in [-0.05, 0) is 75.6 Å². The third-order valence-corrected chi connectivity index (χ3v) is 12.5. The van der Waals surface area contributed by atoms with Gasteiger partial charge in [-0.2, -0.15) is 0 Å². The van der Waals surface area contributed by atoms with Gasteiger partial charge in [0.25, 0.3) is 11.8 Å². The normalized spacial score (nSPS) is 16.8. The van der Waals surface area contributed by atoms with Crippen LogP contribution in [0.5, 0.6) is 0 Å². The fourth-order valence-electron chi connectivity index (χ4n) is 8.25. The minimum Gasteiger partial charge on any atom is -0.458 e. The Morgan fingerprint density at radius 1 is 0.917 bits per heavy atom.